The van der Waals surface area contributed by atoms with Crippen molar-refractivity contribution in [2.75, 3.05) is 18.1 Å². The van der Waals surface area contributed by atoms with Crippen LogP contribution in [-0.4, -0.2) is 23.0 Å². The van der Waals surface area contributed by atoms with Crippen LogP contribution in [0.25, 0.3) is 0 Å². The topological polar surface area (TPSA) is 61.6 Å². The molecule has 1 saturated carbocycles. The van der Waals surface area contributed by atoms with Gasteiger partial charge in [0, 0.05) is 12.8 Å². The van der Waals surface area contributed by atoms with Gasteiger partial charge in [-0.25, -0.2) is 0 Å². The van der Waals surface area contributed by atoms with E-state index >= 15 is 0 Å². The van der Waals surface area contributed by atoms with Crippen LogP contribution in [-0.2, 0) is 0 Å². The van der Waals surface area contributed by atoms with E-state index in [9.17, 15) is 0 Å². The maximum Gasteiger partial charge on any atom is 0.206 e. The maximum atomic E-state index is 8.88. The summed E-state index contributed by atoms with van der Waals surface area (Å²) in [6.45, 7) is 0. The largest absolute Gasteiger partial charge is 0.363 e. The number of nitrogens with one attached hydrogen (secondary N) is 1. The van der Waals surface area contributed by atoms with Crippen molar-refractivity contribution < 1.29 is 0 Å². The maximum absolute atomic E-state index is 8.88. The smallest absolute Gasteiger partial charge is 0.206 e. The fraction of sp³-hybridized carbons (Fsp3) is 0.625. The minimum Gasteiger partial charge on any atom is -0.363 e. The first kappa shape index (κ1) is 9.74. The van der Waals surface area contributed by atoms with E-state index in [0.717, 1.165) is 28.1 Å². The van der Waals surface area contributed by atoms with Crippen LogP contribution in [0.3, 0.4) is 0 Å². The molecule has 0 spiro atoms. The van der Waals surface area contributed by atoms with E-state index < -0.39 is 0 Å². The molecule has 1 N–H and O–H groups in total. The summed E-state index contributed by atoms with van der Waals surface area (Å²) in [7, 11) is 1.83. The van der Waals surface area contributed by atoms with Crippen molar-refractivity contribution in [2.24, 2.45) is 5.41 Å². The first-order chi connectivity index (χ1) is 6.78. The number of nitriles is 1. The SMILES string of the molecule is CNc1nnc(SCC2(C#N)CC2)s1. The van der Waals surface area contributed by atoms with Gasteiger partial charge in [-0.1, -0.05) is 23.1 Å². The number of nitrogens with zero attached hydrogens (tertiary/aromatic N) is 3. The Bertz CT molecular complexity index is 364. The van der Waals surface area contributed by atoms with Gasteiger partial charge in [-0.05, 0) is 12.8 Å². The number of aromatic nitrogens is 2. The van der Waals surface area contributed by atoms with Crippen molar-refractivity contribution in [1.29, 1.82) is 5.26 Å². The molecule has 1 aromatic rings. The van der Waals surface area contributed by atoms with Gasteiger partial charge in [0.25, 0.3) is 0 Å². The molecule has 14 heavy (non-hydrogen) atoms. The van der Waals surface area contributed by atoms with Crippen LogP contribution in [0.2, 0.25) is 0 Å². The Balaban J connectivity index is 1.89. The Morgan fingerprint density at radius 2 is 2.43 bits per heavy atom. The zero-order chi connectivity index (χ0) is 10.0. The number of rotatable bonds is 4. The Kier molecular flexibility index (Phi) is 2.61. The van der Waals surface area contributed by atoms with Gasteiger partial charge in [0.1, 0.15) is 0 Å². The molecule has 6 heteroatoms. The summed E-state index contributed by atoms with van der Waals surface area (Å²) in [5, 5.41) is 20.6. The highest BCUT2D eigenvalue weighted by Crippen LogP contribution is 2.48. The summed E-state index contributed by atoms with van der Waals surface area (Å²) in [5.74, 6) is 0.849. The Hall–Kier alpha value is -0.800. The number of thioether (sulfide) groups is 1. The molecular weight excluding hydrogens is 216 g/mol. The summed E-state index contributed by atoms with van der Waals surface area (Å²) in [5.41, 5.74) is -0.0594. The van der Waals surface area contributed by atoms with Crippen molar-refractivity contribution in [3.63, 3.8) is 0 Å². The molecule has 0 saturated heterocycles. The summed E-state index contributed by atoms with van der Waals surface area (Å²) < 4.78 is 0.941. The highest BCUT2D eigenvalue weighted by Gasteiger charge is 2.43. The van der Waals surface area contributed by atoms with Crippen LogP contribution in [0.15, 0.2) is 4.34 Å². The average Bonchev–Trinajstić information content (AvgIpc) is 2.86. The fourth-order valence-electron chi connectivity index (χ4n) is 1.01. The molecule has 1 fully saturated rings. The third-order valence-corrected chi connectivity index (χ3v) is 4.55. The number of hydrogen-bond acceptors (Lipinski definition) is 6. The van der Waals surface area contributed by atoms with Gasteiger partial charge in [0.15, 0.2) is 4.34 Å². The third-order valence-electron chi connectivity index (χ3n) is 2.18. The molecule has 0 aliphatic heterocycles. The first-order valence-electron chi connectivity index (χ1n) is 4.33. The Labute approximate surface area is 90.7 Å². The third kappa shape index (κ3) is 1.99. The predicted molar refractivity (Wildman–Crippen MR) is 57.5 cm³/mol. The van der Waals surface area contributed by atoms with Gasteiger partial charge in [-0.2, -0.15) is 5.26 Å². The minimum absolute atomic E-state index is 0.0594. The van der Waals surface area contributed by atoms with E-state index in [0.29, 0.717) is 0 Å². The molecule has 2 rings (SSSR count). The lowest BCUT2D eigenvalue weighted by atomic mass is 10.2. The molecule has 0 amide bonds. The zero-order valence-corrected chi connectivity index (χ0v) is 9.41. The normalized spacial score (nSPS) is 17.4. The van der Waals surface area contributed by atoms with Gasteiger partial charge in [0.2, 0.25) is 5.13 Å². The lowest BCUT2D eigenvalue weighted by molar-refractivity contribution is 0.781. The quantitative estimate of drug-likeness (QED) is 0.795. The molecule has 0 unspecified atom stereocenters. The zero-order valence-electron chi connectivity index (χ0n) is 7.78. The second-order valence-corrected chi connectivity index (χ2v) is 5.50. The van der Waals surface area contributed by atoms with Crippen LogP contribution in [0.5, 0.6) is 0 Å². The predicted octanol–water partition coefficient (Wildman–Crippen LogP) is 1.98. The van der Waals surface area contributed by atoms with Gasteiger partial charge in [0.05, 0.1) is 11.5 Å². The molecule has 0 radical (unpaired) electrons. The molecule has 74 valence electrons. The van der Waals surface area contributed by atoms with Crippen molar-refractivity contribution in [1.82, 2.24) is 10.2 Å². The lowest BCUT2D eigenvalue weighted by Gasteiger charge is -2.00. The summed E-state index contributed by atoms with van der Waals surface area (Å²) in [6, 6.07) is 2.36. The summed E-state index contributed by atoms with van der Waals surface area (Å²) in [6.07, 6.45) is 2.07. The van der Waals surface area contributed by atoms with E-state index in [1.165, 1.54) is 11.3 Å². The lowest BCUT2D eigenvalue weighted by Crippen LogP contribution is -1.98. The van der Waals surface area contributed by atoms with E-state index in [-0.39, 0.29) is 5.41 Å². The first-order valence-corrected chi connectivity index (χ1v) is 6.13. The van der Waals surface area contributed by atoms with Crippen molar-refractivity contribution in [3.05, 3.63) is 0 Å². The molecule has 4 nitrogen and oxygen atoms in total. The minimum atomic E-state index is -0.0594. The van der Waals surface area contributed by atoms with Crippen LogP contribution in [0.4, 0.5) is 5.13 Å². The van der Waals surface area contributed by atoms with Crippen molar-refractivity contribution in [3.8, 4) is 6.07 Å². The van der Waals surface area contributed by atoms with Crippen LogP contribution in [0.1, 0.15) is 12.8 Å². The second-order valence-electron chi connectivity index (χ2n) is 3.30. The van der Waals surface area contributed by atoms with Gasteiger partial charge < -0.3 is 5.32 Å². The van der Waals surface area contributed by atoms with E-state index in [2.05, 4.69) is 21.6 Å². The summed E-state index contributed by atoms with van der Waals surface area (Å²) in [4.78, 5) is 0. The monoisotopic (exact) mass is 226 g/mol. The standard InChI is InChI=1S/C8H10N4S2/c1-10-6-11-12-7(14-6)13-5-8(4-9)2-3-8/h2-3,5H2,1H3,(H,10,11). The Morgan fingerprint density at radius 1 is 1.64 bits per heavy atom. The highest BCUT2D eigenvalue weighted by atomic mass is 32.2. The molecule has 1 aromatic heterocycles. The van der Waals surface area contributed by atoms with E-state index in [4.69, 9.17) is 5.26 Å². The van der Waals surface area contributed by atoms with E-state index in [1.54, 1.807) is 11.8 Å². The van der Waals surface area contributed by atoms with E-state index in [1.807, 2.05) is 7.05 Å². The van der Waals surface area contributed by atoms with Crippen LogP contribution < -0.4 is 5.32 Å². The molecule has 0 atom stereocenters. The molecular formula is C8H10N4S2. The van der Waals surface area contributed by atoms with Gasteiger partial charge in [-0.3, -0.25) is 0 Å². The number of hydrogen-bond donors (Lipinski definition) is 1. The van der Waals surface area contributed by atoms with Crippen LogP contribution in [0, 0.1) is 16.7 Å². The molecule has 1 aliphatic rings. The Morgan fingerprint density at radius 3 is 2.93 bits per heavy atom. The van der Waals surface area contributed by atoms with Gasteiger partial charge in [-0.15, -0.1) is 10.2 Å². The number of anilines is 1. The molecule has 0 bridgehead atoms. The summed E-state index contributed by atoms with van der Waals surface area (Å²) >= 11 is 3.17. The van der Waals surface area contributed by atoms with Crippen molar-refractivity contribution in [2.45, 2.75) is 17.2 Å². The van der Waals surface area contributed by atoms with Crippen molar-refractivity contribution >= 4 is 28.2 Å². The highest BCUT2D eigenvalue weighted by molar-refractivity contribution is 8.01. The molecule has 0 aromatic carbocycles. The molecule has 1 heterocycles. The van der Waals surface area contributed by atoms with Gasteiger partial charge >= 0.3 is 0 Å². The average molecular weight is 226 g/mol. The second kappa shape index (κ2) is 3.75. The molecule has 1 aliphatic carbocycles. The van der Waals surface area contributed by atoms with Crippen LogP contribution >= 0.6 is 23.1 Å². The fourth-order valence-corrected chi connectivity index (χ4v) is 2.94.